The molecule has 112 valence electrons. The number of aryl methyl sites for hydroxylation is 1. The molecule has 0 atom stereocenters. The number of nitrogens with two attached hydrogens (primary N) is 1. The van der Waals surface area contributed by atoms with E-state index in [-0.39, 0.29) is 5.91 Å². The van der Waals surface area contributed by atoms with Crippen LogP contribution in [0.15, 0.2) is 12.1 Å². The molecular weight excluding hydrogens is 252 g/mol. The topological polar surface area (TPSA) is 71.2 Å². The van der Waals surface area contributed by atoms with Crippen molar-refractivity contribution in [3.8, 4) is 0 Å². The Labute approximate surface area is 121 Å². The zero-order valence-corrected chi connectivity index (χ0v) is 12.9. The first-order valence-corrected chi connectivity index (χ1v) is 7.28. The number of pyridine rings is 1. The molecule has 0 fully saturated rings. The average Bonchev–Trinajstić information content (AvgIpc) is 2.43. The van der Waals surface area contributed by atoms with E-state index in [1.165, 1.54) is 0 Å². The van der Waals surface area contributed by atoms with Crippen LogP contribution in [-0.2, 0) is 6.42 Å². The molecule has 0 aromatic carbocycles. The van der Waals surface area contributed by atoms with E-state index in [2.05, 4.69) is 31.2 Å². The molecule has 1 aromatic rings. The second-order valence-corrected chi connectivity index (χ2v) is 5.36. The molecule has 1 amide bonds. The predicted octanol–water partition coefficient (Wildman–Crippen LogP) is 2.44. The van der Waals surface area contributed by atoms with Gasteiger partial charge in [-0.25, -0.2) is 10.8 Å². The van der Waals surface area contributed by atoms with Gasteiger partial charge in [0, 0.05) is 24.3 Å². The van der Waals surface area contributed by atoms with Gasteiger partial charge < -0.3 is 10.3 Å². The molecule has 1 rings (SSSR count). The first-order valence-electron chi connectivity index (χ1n) is 7.28. The van der Waals surface area contributed by atoms with Gasteiger partial charge in [0.25, 0.3) is 5.91 Å². The zero-order valence-electron chi connectivity index (χ0n) is 12.9. The van der Waals surface area contributed by atoms with Crippen LogP contribution < -0.4 is 11.3 Å². The van der Waals surface area contributed by atoms with E-state index in [1.807, 2.05) is 17.9 Å². The molecule has 0 aliphatic heterocycles. The van der Waals surface area contributed by atoms with Crippen LogP contribution in [0.3, 0.4) is 0 Å². The van der Waals surface area contributed by atoms with Gasteiger partial charge in [-0.15, -0.1) is 0 Å². The molecule has 5 heteroatoms. The molecule has 0 bridgehead atoms. The summed E-state index contributed by atoms with van der Waals surface area (Å²) in [6.45, 7) is 9.76. The Morgan fingerprint density at radius 3 is 2.60 bits per heavy atom. The number of aromatic nitrogens is 1. The third kappa shape index (κ3) is 4.49. The van der Waals surface area contributed by atoms with Gasteiger partial charge >= 0.3 is 0 Å². The lowest BCUT2D eigenvalue weighted by molar-refractivity contribution is 0.0745. The number of nitrogen functional groups attached to an aromatic ring is 1. The molecule has 5 nitrogen and oxygen atoms in total. The maximum absolute atomic E-state index is 12.6. The van der Waals surface area contributed by atoms with Gasteiger partial charge in [-0.1, -0.05) is 27.2 Å². The molecule has 0 spiro atoms. The molecule has 0 unspecified atom stereocenters. The number of carbonyl (C=O) groups excluding carboxylic acids is 1. The molecule has 1 aromatic heterocycles. The highest BCUT2D eigenvalue weighted by Gasteiger charge is 2.17. The summed E-state index contributed by atoms with van der Waals surface area (Å²) in [4.78, 5) is 18.8. The summed E-state index contributed by atoms with van der Waals surface area (Å²) in [7, 11) is 0. The van der Waals surface area contributed by atoms with Gasteiger partial charge in [-0.05, 0) is 31.4 Å². The Morgan fingerprint density at radius 2 is 2.10 bits per heavy atom. The van der Waals surface area contributed by atoms with Gasteiger partial charge in [-0.3, -0.25) is 4.79 Å². The first kappa shape index (κ1) is 16.4. The van der Waals surface area contributed by atoms with Crippen molar-refractivity contribution in [2.24, 2.45) is 11.8 Å². The fraction of sp³-hybridized carbons (Fsp3) is 0.600. The number of nitrogens with one attached hydrogen (secondary N) is 1. The van der Waals surface area contributed by atoms with Gasteiger partial charge in [-0.2, -0.15) is 0 Å². The second-order valence-electron chi connectivity index (χ2n) is 5.36. The molecule has 3 N–H and O–H groups in total. The van der Waals surface area contributed by atoms with Crippen molar-refractivity contribution < 1.29 is 4.79 Å². The third-order valence-electron chi connectivity index (χ3n) is 3.03. The van der Waals surface area contributed by atoms with E-state index in [4.69, 9.17) is 5.84 Å². The minimum atomic E-state index is 0.0393. The van der Waals surface area contributed by atoms with E-state index in [1.54, 1.807) is 6.07 Å². The van der Waals surface area contributed by atoms with Crippen LogP contribution in [0.2, 0.25) is 0 Å². The number of rotatable bonds is 7. The van der Waals surface area contributed by atoms with Gasteiger partial charge in [0.05, 0.1) is 0 Å². The molecule has 0 aliphatic rings. The van der Waals surface area contributed by atoms with Crippen LogP contribution in [0.5, 0.6) is 0 Å². The lowest BCUT2D eigenvalue weighted by atomic mass is 10.1. The molecule has 0 saturated carbocycles. The lowest BCUT2D eigenvalue weighted by Gasteiger charge is -2.23. The molecule has 0 radical (unpaired) electrons. The molecule has 20 heavy (non-hydrogen) atoms. The van der Waals surface area contributed by atoms with Crippen LogP contribution in [0.25, 0.3) is 0 Å². The third-order valence-corrected chi connectivity index (χ3v) is 3.03. The summed E-state index contributed by atoms with van der Waals surface area (Å²) in [5.74, 6) is 6.46. The summed E-state index contributed by atoms with van der Waals surface area (Å²) >= 11 is 0. The number of hydrazine groups is 1. The van der Waals surface area contributed by atoms with E-state index in [0.717, 1.165) is 25.1 Å². The summed E-state index contributed by atoms with van der Waals surface area (Å²) in [6.07, 6.45) is 1.82. The highest BCUT2D eigenvalue weighted by molar-refractivity contribution is 5.95. The Kier molecular flexibility index (Phi) is 6.45. The van der Waals surface area contributed by atoms with E-state index in [9.17, 15) is 4.79 Å². The maximum Gasteiger partial charge on any atom is 0.254 e. The Balaban J connectivity index is 3.03. The fourth-order valence-electron chi connectivity index (χ4n) is 2.15. The lowest BCUT2D eigenvalue weighted by Crippen LogP contribution is -2.34. The van der Waals surface area contributed by atoms with Crippen molar-refractivity contribution in [2.45, 2.75) is 40.5 Å². The van der Waals surface area contributed by atoms with Crippen LogP contribution in [0, 0.1) is 5.92 Å². The van der Waals surface area contributed by atoms with Crippen LogP contribution in [-0.4, -0.2) is 28.9 Å². The quantitative estimate of drug-likeness (QED) is 0.593. The zero-order chi connectivity index (χ0) is 15.1. The number of amides is 1. The summed E-state index contributed by atoms with van der Waals surface area (Å²) in [5.41, 5.74) is 4.08. The molecule has 1 heterocycles. The van der Waals surface area contributed by atoms with Crippen molar-refractivity contribution in [1.82, 2.24) is 9.88 Å². The monoisotopic (exact) mass is 278 g/mol. The Morgan fingerprint density at radius 1 is 1.40 bits per heavy atom. The van der Waals surface area contributed by atoms with Crippen molar-refractivity contribution in [1.29, 1.82) is 0 Å². The Bertz CT molecular complexity index is 445. The number of hydrogen-bond donors (Lipinski definition) is 2. The predicted molar refractivity (Wildman–Crippen MR) is 82.5 cm³/mol. The standard InChI is InChI=1S/C15H26N4O/c1-5-7-13-8-12(9-14(17-13)18-16)15(20)19(6-2)10-11(3)4/h8-9,11H,5-7,10,16H2,1-4H3,(H,17,18). The van der Waals surface area contributed by atoms with Crippen molar-refractivity contribution in [2.75, 3.05) is 18.5 Å². The minimum absolute atomic E-state index is 0.0393. The highest BCUT2D eigenvalue weighted by Crippen LogP contribution is 2.14. The van der Waals surface area contributed by atoms with Crippen molar-refractivity contribution in [3.63, 3.8) is 0 Å². The second kappa shape index (κ2) is 7.85. The summed E-state index contributed by atoms with van der Waals surface area (Å²) in [6, 6.07) is 3.58. The van der Waals surface area contributed by atoms with Gasteiger partial charge in [0.2, 0.25) is 0 Å². The van der Waals surface area contributed by atoms with Crippen LogP contribution in [0.4, 0.5) is 5.82 Å². The molecule has 0 saturated heterocycles. The first-order chi connectivity index (χ1) is 9.51. The highest BCUT2D eigenvalue weighted by atomic mass is 16.2. The van der Waals surface area contributed by atoms with Crippen LogP contribution in [0.1, 0.15) is 50.2 Å². The summed E-state index contributed by atoms with van der Waals surface area (Å²) < 4.78 is 0. The largest absolute Gasteiger partial charge is 0.339 e. The normalized spacial score (nSPS) is 10.7. The smallest absolute Gasteiger partial charge is 0.254 e. The Hall–Kier alpha value is -1.62. The number of anilines is 1. The molecule has 0 aliphatic carbocycles. The minimum Gasteiger partial charge on any atom is -0.339 e. The SMILES string of the molecule is CCCc1cc(C(=O)N(CC)CC(C)C)cc(NN)n1. The number of carbonyl (C=O) groups is 1. The number of hydrogen-bond acceptors (Lipinski definition) is 4. The van der Waals surface area contributed by atoms with E-state index in [0.29, 0.717) is 23.8 Å². The van der Waals surface area contributed by atoms with Gasteiger partial charge in [0.1, 0.15) is 5.82 Å². The van der Waals surface area contributed by atoms with Gasteiger partial charge in [0.15, 0.2) is 0 Å². The summed E-state index contributed by atoms with van der Waals surface area (Å²) in [5, 5.41) is 0. The number of nitrogens with zero attached hydrogens (tertiary/aromatic N) is 2. The maximum atomic E-state index is 12.6. The van der Waals surface area contributed by atoms with E-state index >= 15 is 0 Å². The van der Waals surface area contributed by atoms with Crippen molar-refractivity contribution >= 4 is 11.7 Å². The fourth-order valence-corrected chi connectivity index (χ4v) is 2.15. The van der Waals surface area contributed by atoms with E-state index < -0.39 is 0 Å². The van der Waals surface area contributed by atoms with Crippen LogP contribution >= 0.6 is 0 Å². The molecular formula is C15H26N4O. The average molecular weight is 278 g/mol. The van der Waals surface area contributed by atoms with Crippen molar-refractivity contribution in [3.05, 3.63) is 23.4 Å².